The Balaban J connectivity index is 1.42. The van der Waals surface area contributed by atoms with E-state index in [9.17, 15) is 15.2 Å². The topological polar surface area (TPSA) is 120 Å². The molecule has 3 atom stereocenters. The lowest BCUT2D eigenvalue weighted by molar-refractivity contribution is -0.132. The van der Waals surface area contributed by atoms with E-state index < -0.39 is 5.97 Å². The lowest BCUT2D eigenvalue weighted by Crippen LogP contribution is -2.47. The first-order valence-corrected chi connectivity index (χ1v) is 17.9. The number of benzene rings is 1. The lowest BCUT2D eigenvalue weighted by Gasteiger charge is -2.48. The van der Waals surface area contributed by atoms with E-state index in [-0.39, 0.29) is 17.8 Å². The number of nitriles is 1. The fraction of sp³-hybridized carbons (Fsp3) is 0.486. The maximum atomic E-state index is 11.7. The van der Waals surface area contributed by atoms with E-state index in [0.29, 0.717) is 79.5 Å². The summed E-state index contributed by atoms with van der Waals surface area (Å²) in [5.74, 6) is 1.42. The summed E-state index contributed by atoms with van der Waals surface area (Å²) in [4.78, 5) is 17.3. The van der Waals surface area contributed by atoms with Crippen molar-refractivity contribution in [3.8, 4) is 49.3 Å². The average molecular weight is 679 g/mol. The van der Waals surface area contributed by atoms with Gasteiger partial charge in [0.2, 0.25) is 0 Å². The number of hydrogen-bond donors (Lipinski definition) is 1. The molecular formula is C35H38N2O8S2. The van der Waals surface area contributed by atoms with Crippen molar-refractivity contribution in [3.63, 3.8) is 0 Å². The fourth-order valence-electron chi connectivity index (χ4n) is 7.11. The predicted molar refractivity (Wildman–Crippen MR) is 180 cm³/mol. The summed E-state index contributed by atoms with van der Waals surface area (Å²) in [5, 5.41) is 19.0. The molecule has 0 fully saturated rings. The van der Waals surface area contributed by atoms with Gasteiger partial charge >= 0.3 is 5.97 Å². The van der Waals surface area contributed by atoms with Crippen molar-refractivity contribution in [2.75, 3.05) is 51.1 Å². The van der Waals surface area contributed by atoms with Crippen molar-refractivity contribution in [1.29, 1.82) is 5.26 Å². The maximum Gasteiger partial charge on any atom is 0.346 e. The maximum absolute atomic E-state index is 11.7. The first-order valence-electron chi connectivity index (χ1n) is 16.2. The van der Waals surface area contributed by atoms with Gasteiger partial charge in [0, 0.05) is 42.6 Å². The van der Waals surface area contributed by atoms with Gasteiger partial charge in [0.1, 0.15) is 38.1 Å². The number of thiophene rings is 2. The molecule has 0 amide bonds. The van der Waals surface area contributed by atoms with Gasteiger partial charge in [-0.2, -0.15) is 5.26 Å². The molecule has 10 nitrogen and oxygen atoms in total. The summed E-state index contributed by atoms with van der Waals surface area (Å²) >= 11 is 2.86. The summed E-state index contributed by atoms with van der Waals surface area (Å²) in [6.07, 6.45) is 3.10. The highest BCUT2D eigenvalue weighted by Gasteiger charge is 2.41. The first-order chi connectivity index (χ1) is 22.8. The minimum Gasteiger partial charge on any atom is -0.485 e. The first kappa shape index (κ1) is 31.8. The van der Waals surface area contributed by atoms with Crippen LogP contribution in [0.5, 0.6) is 23.0 Å². The second-order valence-corrected chi connectivity index (χ2v) is 14.2. The third-order valence-corrected chi connectivity index (χ3v) is 11.5. The van der Waals surface area contributed by atoms with Crippen LogP contribution in [0.15, 0.2) is 17.7 Å². The van der Waals surface area contributed by atoms with Crippen molar-refractivity contribution >= 4 is 40.4 Å². The second-order valence-electron chi connectivity index (χ2n) is 12.2. The van der Waals surface area contributed by atoms with Crippen molar-refractivity contribution in [2.24, 2.45) is 5.92 Å². The molecule has 7 rings (SSSR count). The van der Waals surface area contributed by atoms with Gasteiger partial charge in [0.05, 0.1) is 31.7 Å². The van der Waals surface area contributed by atoms with Gasteiger partial charge in [-0.15, -0.1) is 22.7 Å². The van der Waals surface area contributed by atoms with Gasteiger partial charge in [-0.1, -0.05) is 13.8 Å². The molecule has 6 heterocycles. The standard InChI is InChI=1S/C35H38N2O8S2/c1-5-40-24-7-8-37-23(18(3)4)16-25(41-6-2)22-14-19(13-21(24)27(22)37)32-30-31(45-12-11-44-30)34(47-32)33-29-28(42-9-10-43-29)26(46-33)15-20(17-36)35(38)39/h13-15,18,23-25H,5-12,16H2,1-4H3,(H,38,39)/b20-15+. The normalized spacial score (nSPS) is 21.4. The summed E-state index contributed by atoms with van der Waals surface area (Å²) in [7, 11) is 0. The van der Waals surface area contributed by atoms with E-state index in [1.165, 1.54) is 34.2 Å². The number of nitrogens with zero attached hydrogens (tertiary/aromatic N) is 2. The van der Waals surface area contributed by atoms with Gasteiger partial charge in [-0.05, 0) is 56.4 Å². The molecule has 0 bridgehead atoms. The van der Waals surface area contributed by atoms with E-state index in [4.69, 9.17) is 28.4 Å². The Labute approximate surface area is 282 Å². The number of carboxylic acids is 1. The highest BCUT2D eigenvalue weighted by atomic mass is 32.1. The third kappa shape index (κ3) is 5.53. The molecule has 4 aliphatic heterocycles. The molecule has 12 heteroatoms. The van der Waals surface area contributed by atoms with Crippen molar-refractivity contribution < 1.29 is 38.3 Å². The van der Waals surface area contributed by atoms with E-state index in [1.807, 2.05) is 6.92 Å². The van der Waals surface area contributed by atoms with Crippen LogP contribution in [0, 0.1) is 17.2 Å². The van der Waals surface area contributed by atoms with E-state index in [1.54, 1.807) is 17.4 Å². The number of ether oxygens (including phenoxy) is 6. The molecule has 0 saturated heterocycles. The number of carbonyl (C=O) groups is 1. The summed E-state index contributed by atoms with van der Waals surface area (Å²) in [5.41, 5.74) is 4.22. The van der Waals surface area contributed by atoms with E-state index in [2.05, 4.69) is 37.8 Å². The lowest BCUT2D eigenvalue weighted by atomic mass is 9.81. The summed E-state index contributed by atoms with van der Waals surface area (Å²) < 4.78 is 37.5. The van der Waals surface area contributed by atoms with Gasteiger partial charge in [-0.25, -0.2) is 4.79 Å². The van der Waals surface area contributed by atoms with Crippen molar-refractivity contribution in [3.05, 3.63) is 33.7 Å². The van der Waals surface area contributed by atoms with E-state index in [0.717, 1.165) is 39.6 Å². The third-order valence-electron chi connectivity index (χ3n) is 9.06. The van der Waals surface area contributed by atoms with Crippen LogP contribution < -0.4 is 23.8 Å². The smallest absolute Gasteiger partial charge is 0.346 e. The Morgan fingerprint density at radius 3 is 2.15 bits per heavy atom. The fourth-order valence-corrected chi connectivity index (χ4v) is 9.54. The molecule has 0 aliphatic carbocycles. The van der Waals surface area contributed by atoms with Crippen LogP contribution in [0.4, 0.5) is 5.69 Å². The minimum absolute atomic E-state index is 0.0293. The van der Waals surface area contributed by atoms with Gasteiger partial charge in [-0.3, -0.25) is 0 Å². The molecule has 0 spiro atoms. The molecule has 1 aromatic carbocycles. The zero-order chi connectivity index (χ0) is 32.8. The Bertz CT molecular complexity index is 1750. The highest BCUT2D eigenvalue weighted by Crippen LogP contribution is 2.61. The highest BCUT2D eigenvalue weighted by molar-refractivity contribution is 7.25. The molecule has 3 aromatic rings. The average Bonchev–Trinajstić information content (AvgIpc) is 3.64. The van der Waals surface area contributed by atoms with Crippen molar-refractivity contribution in [1.82, 2.24) is 0 Å². The monoisotopic (exact) mass is 678 g/mol. The minimum atomic E-state index is -1.30. The Morgan fingerprint density at radius 2 is 1.53 bits per heavy atom. The van der Waals surface area contributed by atoms with Gasteiger partial charge in [0.15, 0.2) is 23.0 Å². The Kier molecular flexibility index (Phi) is 8.82. The van der Waals surface area contributed by atoms with E-state index >= 15 is 0 Å². The van der Waals surface area contributed by atoms with Crippen LogP contribution >= 0.6 is 22.7 Å². The zero-order valence-corrected chi connectivity index (χ0v) is 28.6. The van der Waals surface area contributed by atoms with Crippen LogP contribution in [-0.2, 0) is 14.3 Å². The Morgan fingerprint density at radius 1 is 0.957 bits per heavy atom. The van der Waals surface area contributed by atoms with Crippen molar-refractivity contribution in [2.45, 2.75) is 58.8 Å². The van der Waals surface area contributed by atoms with Crippen LogP contribution in [-0.4, -0.2) is 63.3 Å². The Hall–Kier alpha value is -3.76. The molecule has 248 valence electrons. The zero-order valence-electron chi connectivity index (χ0n) is 26.9. The summed E-state index contributed by atoms with van der Waals surface area (Å²) in [6.45, 7) is 12.4. The van der Waals surface area contributed by atoms with Gasteiger partial charge < -0.3 is 38.4 Å². The summed E-state index contributed by atoms with van der Waals surface area (Å²) in [6, 6.07) is 6.66. The number of fused-ring (bicyclic) bond motifs is 2. The molecule has 0 saturated carbocycles. The SMILES string of the molecule is CCOC1CCN2c3c1cc(-c1sc(-c4sc(/C=C(\C#N)C(=O)O)c5c4OCCO5)c4c1OCCO4)cc3C(OCC)CC2C(C)C. The van der Waals surface area contributed by atoms with Crippen LogP contribution in [0.25, 0.3) is 26.3 Å². The largest absolute Gasteiger partial charge is 0.485 e. The predicted octanol–water partition coefficient (Wildman–Crippen LogP) is 7.47. The molecular weight excluding hydrogens is 641 g/mol. The van der Waals surface area contributed by atoms with Crippen LogP contribution in [0.3, 0.4) is 0 Å². The molecule has 4 aliphatic rings. The van der Waals surface area contributed by atoms with Crippen LogP contribution in [0.1, 0.15) is 68.7 Å². The molecule has 3 unspecified atom stereocenters. The van der Waals surface area contributed by atoms with Gasteiger partial charge in [0.25, 0.3) is 0 Å². The number of aliphatic carboxylic acids is 1. The number of rotatable bonds is 9. The molecule has 47 heavy (non-hydrogen) atoms. The number of carboxylic acid groups (broad SMARTS) is 1. The number of hydrogen-bond acceptors (Lipinski definition) is 11. The molecule has 2 aromatic heterocycles. The molecule has 0 radical (unpaired) electrons. The second kappa shape index (κ2) is 13.0. The van der Waals surface area contributed by atoms with Crippen LogP contribution in [0.2, 0.25) is 0 Å². The number of anilines is 1. The quantitative estimate of drug-likeness (QED) is 0.180. The molecule has 1 N–H and O–H groups in total.